The van der Waals surface area contributed by atoms with E-state index in [1.54, 1.807) is 18.2 Å². The van der Waals surface area contributed by atoms with Gasteiger partial charge in [0.25, 0.3) is 0 Å². The maximum absolute atomic E-state index is 12.9. The molecule has 15 heavy (non-hydrogen) atoms. The van der Waals surface area contributed by atoms with Crippen LogP contribution in [-0.4, -0.2) is 5.78 Å². The highest BCUT2D eigenvalue weighted by molar-refractivity contribution is 9.10. The molecule has 1 rings (SSSR count). The molecule has 0 heterocycles. The Labute approximate surface area is 97.1 Å². The second kappa shape index (κ2) is 5.81. The van der Waals surface area contributed by atoms with Gasteiger partial charge in [0.05, 0.1) is 4.47 Å². The summed E-state index contributed by atoms with van der Waals surface area (Å²) >= 11 is 3.08. The molecule has 1 aromatic carbocycles. The van der Waals surface area contributed by atoms with Crippen molar-refractivity contribution in [1.82, 2.24) is 0 Å². The van der Waals surface area contributed by atoms with Crippen LogP contribution in [0.5, 0.6) is 0 Å². The molecule has 0 amide bonds. The third-order valence-corrected chi connectivity index (χ3v) is 2.51. The molecule has 1 aromatic rings. The standard InChI is InChI=1S/C12H12BrFO/c1-2-3-4-10(15)7-9-5-6-12(14)11(13)8-9/h3-6,8H,2,7H2,1H3/b4-3+. The average molecular weight is 271 g/mol. The van der Waals surface area contributed by atoms with Gasteiger partial charge in [-0.1, -0.05) is 19.1 Å². The predicted molar refractivity (Wildman–Crippen MR) is 62.2 cm³/mol. The van der Waals surface area contributed by atoms with Crippen molar-refractivity contribution in [2.24, 2.45) is 0 Å². The van der Waals surface area contributed by atoms with Crippen LogP contribution in [0.3, 0.4) is 0 Å². The molecular weight excluding hydrogens is 259 g/mol. The maximum atomic E-state index is 12.9. The van der Waals surface area contributed by atoms with Crippen LogP contribution in [0, 0.1) is 5.82 Å². The number of carbonyl (C=O) groups excluding carboxylic acids is 1. The fraction of sp³-hybridized carbons (Fsp3) is 0.250. The zero-order valence-corrected chi connectivity index (χ0v) is 10.1. The molecule has 0 atom stereocenters. The van der Waals surface area contributed by atoms with Crippen molar-refractivity contribution < 1.29 is 9.18 Å². The van der Waals surface area contributed by atoms with E-state index in [2.05, 4.69) is 15.9 Å². The van der Waals surface area contributed by atoms with Gasteiger partial charge in [0.15, 0.2) is 5.78 Å². The summed E-state index contributed by atoms with van der Waals surface area (Å²) in [5.41, 5.74) is 0.814. The van der Waals surface area contributed by atoms with Gasteiger partial charge < -0.3 is 0 Å². The third kappa shape index (κ3) is 3.96. The summed E-state index contributed by atoms with van der Waals surface area (Å²) in [4.78, 5) is 11.4. The van der Waals surface area contributed by atoms with Crippen LogP contribution in [0.15, 0.2) is 34.8 Å². The smallest absolute Gasteiger partial charge is 0.159 e. The Hall–Kier alpha value is -0.960. The van der Waals surface area contributed by atoms with E-state index in [1.807, 2.05) is 13.0 Å². The molecule has 0 radical (unpaired) electrons. The van der Waals surface area contributed by atoms with E-state index < -0.39 is 0 Å². The van der Waals surface area contributed by atoms with Crippen molar-refractivity contribution in [3.05, 3.63) is 46.2 Å². The Morgan fingerprint density at radius 2 is 2.27 bits per heavy atom. The van der Waals surface area contributed by atoms with Gasteiger partial charge in [0.1, 0.15) is 5.82 Å². The SMILES string of the molecule is CC/C=C/C(=O)Cc1ccc(F)c(Br)c1. The molecule has 1 nitrogen and oxygen atoms in total. The van der Waals surface area contributed by atoms with E-state index in [9.17, 15) is 9.18 Å². The second-order valence-electron chi connectivity index (χ2n) is 3.20. The van der Waals surface area contributed by atoms with Crippen molar-refractivity contribution in [1.29, 1.82) is 0 Å². The first-order valence-electron chi connectivity index (χ1n) is 4.76. The fourth-order valence-electron chi connectivity index (χ4n) is 1.16. The summed E-state index contributed by atoms with van der Waals surface area (Å²) in [5, 5.41) is 0. The predicted octanol–water partition coefficient (Wildman–Crippen LogP) is 3.67. The fourth-order valence-corrected chi connectivity index (χ4v) is 1.59. The van der Waals surface area contributed by atoms with Gasteiger partial charge in [-0.2, -0.15) is 0 Å². The molecule has 0 aliphatic rings. The van der Waals surface area contributed by atoms with E-state index in [-0.39, 0.29) is 11.6 Å². The van der Waals surface area contributed by atoms with Crippen molar-refractivity contribution in [3.63, 3.8) is 0 Å². The van der Waals surface area contributed by atoms with Crippen molar-refractivity contribution in [2.75, 3.05) is 0 Å². The zero-order valence-electron chi connectivity index (χ0n) is 8.47. The Bertz CT molecular complexity index is 385. The number of halogens is 2. The van der Waals surface area contributed by atoms with Crippen LogP contribution in [0.1, 0.15) is 18.9 Å². The number of carbonyl (C=O) groups is 1. The second-order valence-corrected chi connectivity index (χ2v) is 4.06. The van der Waals surface area contributed by atoms with Gasteiger partial charge in [0.2, 0.25) is 0 Å². The quantitative estimate of drug-likeness (QED) is 0.764. The van der Waals surface area contributed by atoms with Crippen LogP contribution in [0.2, 0.25) is 0 Å². The largest absolute Gasteiger partial charge is 0.294 e. The monoisotopic (exact) mass is 270 g/mol. The lowest BCUT2D eigenvalue weighted by Crippen LogP contribution is -1.98. The molecular formula is C12H12BrFO. The summed E-state index contributed by atoms with van der Waals surface area (Å²) in [6.45, 7) is 1.97. The van der Waals surface area contributed by atoms with Crippen molar-refractivity contribution in [2.45, 2.75) is 19.8 Å². The van der Waals surface area contributed by atoms with Crippen LogP contribution in [0.4, 0.5) is 4.39 Å². The van der Waals surface area contributed by atoms with E-state index in [0.717, 1.165) is 12.0 Å². The number of rotatable bonds is 4. The highest BCUT2D eigenvalue weighted by atomic mass is 79.9. The summed E-state index contributed by atoms with van der Waals surface area (Å²) in [6, 6.07) is 4.61. The molecule has 0 bridgehead atoms. The summed E-state index contributed by atoms with van der Waals surface area (Å²) < 4.78 is 13.3. The summed E-state index contributed by atoms with van der Waals surface area (Å²) in [6.07, 6.45) is 4.55. The normalized spacial score (nSPS) is 10.9. The lowest BCUT2D eigenvalue weighted by Gasteiger charge is -1.99. The van der Waals surface area contributed by atoms with E-state index in [1.165, 1.54) is 6.07 Å². The molecule has 0 saturated carbocycles. The van der Waals surface area contributed by atoms with Gasteiger partial charge in [-0.25, -0.2) is 4.39 Å². The van der Waals surface area contributed by atoms with Crippen LogP contribution >= 0.6 is 15.9 Å². The van der Waals surface area contributed by atoms with Crippen LogP contribution in [-0.2, 0) is 11.2 Å². The van der Waals surface area contributed by atoms with E-state index in [0.29, 0.717) is 10.9 Å². The van der Waals surface area contributed by atoms with Gasteiger partial charge >= 0.3 is 0 Å². The number of hydrogen-bond acceptors (Lipinski definition) is 1. The highest BCUT2D eigenvalue weighted by Crippen LogP contribution is 2.17. The molecule has 0 spiro atoms. The van der Waals surface area contributed by atoms with Gasteiger partial charge in [-0.3, -0.25) is 4.79 Å². The zero-order chi connectivity index (χ0) is 11.3. The lowest BCUT2D eigenvalue weighted by molar-refractivity contribution is -0.114. The van der Waals surface area contributed by atoms with Gasteiger partial charge in [0, 0.05) is 6.42 Å². The molecule has 0 aliphatic carbocycles. The number of allylic oxidation sites excluding steroid dienone is 2. The van der Waals surface area contributed by atoms with Gasteiger partial charge in [-0.15, -0.1) is 0 Å². The Morgan fingerprint density at radius 3 is 2.87 bits per heavy atom. The average Bonchev–Trinajstić information content (AvgIpc) is 2.20. The molecule has 80 valence electrons. The van der Waals surface area contributed by atoms with Gasteiger partial charge in [-0.05, 0) is 46.1 Å². The van der Waals surface area contributed by atoms with Crippen molar-refractivity contribution in [3.8, 4) is 0 Å². The van der Waals surface area contributed by atoms with E-state index in [4.69, 9.17) is 0 Å². The Morgan fingerprint density at radius 1 is 1.53 bits per heavy atom. The van der Waals surface area contributed by atoms with Crippen LogP contribution < -0.4 is 0 Å². The Balaban J connectivity index is 2.69. The third-order valence-electron chi connectivity index (χ3n) is 1.90. The van der Waals surface area contributed by atoms with Crippen molar-refractivity contribution >= 4 is 21.7 Å². The first kappa shape index (κ1) is 12.1. The van der Waals surface area contributed by atoms with Crippen LogP contribution in [0.25, 0.3) is 0 Å². The summed E-state index contributed by atoms with van der Waals surface area (Å²) in [5.74, 6) is -0.273. The number of ketones is 1. The lowest BCUT2D eigenvalue weighted by atomic mass is 10.1. The van der Waals surface area contributed by atoms with E-state index >= 15 is 0 Å². The minimum Gasteiger partial charge on any atom is -0.294 e. The maximum Gasteiger partial charge on any atom is 0.159 e. The highest BCUT2D eigenvalue weighted by Gasteiger charge is 2.03. The molecule has 0 saturated heterocycles. The number of hydrogen-bond donors (Lipinski definition) is 0. The summed E-state index contributed by atoms with van der Waals surface area (Å²) in [7, 11) is 0. The molecule has 0 N–H and O–H groups in total. The minimum absolute atomic E-state index is 0.0374. The molecule has 0 aromatic heterocycles. The Kier molecular flexibility index (Phi) is 4.69. The first-order chi connectivity index (χ1) is 7.13. The molecule has 0 aliphatic heterocycles. The minimum atomic E-state index is -0.310. The topological polar surface area (TPSA) is 17.1 Å². The molecule has 3 heteroatoms. The molecule has 0 unspecified atom stereocenters. The first-order valence-corrected chi connectivity index (χ1v) is 5.56. The molecule has 0 fully saturated rings. The number of benzene rings is 1.